The van der Waals surface area contributed by atoms with Crippen LogP contribution in [0.5, 0.6) is 0 Å². The number of fused-ring (bicyclic) bond motifs is 4. The lowest BCUT2D eigenvalue weighted by Gasteiger charge is -2.29. The molecule has 2 aromatic carbocycles. The number of benzene rings is 2. The van der Waals surface area contributed by atoms with E-state index in [2.05, 4.69) is 10.6 Å². The summed E-state index contributed by atoms with van der Waals surface area (Å²) in [5.74, 6) is -2.26. The summed E-state index contributed by atoms with van der Waals surface area (Å²) in [5, 5.41) is 6.28. The molecule has 3 heterocycles. The van der Waals surface area contributed by atoms with E-state index in [1.165, 1.54) is 24.3 Å². The van der Waals surface area contributed by atoms with Gasteiger partial charge in [0.25, 0.3) is 0 Å². The number of thioether (sulfide) groups is 1. The van der Waals surface area contributed by atoms with Crippen LogP contribution in [0.4, 0.5) is 15.8 Å². The number of rotatable bonds is 4. The van der Waals surface area contributed by atoms with E-state index in [9.17, 15) is 18.8 Å². The van der Waals surface area contributed by atoms with E-state index in [4.69, 9.17) is 0 Å². The summed E-state index contributed by atoms with van der Waals surface area (Å²) >= 11 is 1.65. The van der Waals surface area contributed by atoms with Crippen LogP contribution in [0.15, 0.2) is 48.5 Å². The number of amides is 3. The molecule has 2 N–H and O–H groups in total. The second-order valence-electron chi connectivity index (χ2n) is 7.83. The molecule has 0 radical (unpaired) electrons. The number of hydrogen-bond acceptors (Lipinski definition) is 5. The molecule has 0 unspecified atom stereocenters. The van der Waals surface area contributed by atoms with Crippen LogP contribution in [-0.2, 0) is 19.9 Å². The number of hydrogen-bond donors (Lipinski definition) is 2. The molecule has 0 saturated carbocycles. The maximum Gasteiger partial charge on any atom is 0.250 e. The van der Waals surface area contributed by atoms with Crippen LogP contribution in [0, 0.1) is 17.7 Å². The number of nitrogens with one attached hydrogen (secondary N) is 2. The lowest BCUT2D eigenvalue weighted by Crippen LogP contribution is -2.53. The lowest BCUT2D eigenvalue weighted by molar-refractivity contribution is -0.130. The second kappa shape index (κ2) is 6.92. The predicted octanol–water partition coefficient (Wildman–Crippen LogP) is 2.50. The van der Waals surface area contributed by atoms with Crippen molar-refractivity contribution < 1.29 is 18.8 Å². The molecule has 5 rings (SSSR count). The van der Waals surface area contributed by atoms with Gasteiger partial charge in [0, 0.05) is 17.3 Å². The maximum atomic E-state index is 13.6. The summed E-state index contributed by atoms with van der Waals surface area (Å²) in [6, 6.07) is 12.2. The number of halogens is 1. The van der Waals surface area contributed by atoms with Crippen molar-refractivity contribution in [2.45, 2.75) is 18.0 Å². The number of para-hydroxylation sites is 1. The first kappa shape index (κ1) is 19.3. The van der Waals surface area contributed by atoms with Gasteiger partial charge in [-0.15, -0.1) is 0 Å². The number of carbonyl (C=O) groups is 3. The summed E-state index contributed by atoms with van der Waals surface area (Å²) < 4.78 is 13.4. The zero-order valence-corrected chi connectivity index (χ0v) is 17.0. The fraction of sp³-hybridized carbons (Fsp3) is 0.318. The fourth-order valence-corrected chi connectivity index (χ4v) is 5.59. The molecule has 0 aromatic heterocycles. The van der Waals surface area contributed by atoms with Gasteiger partial charge in [0.15, 0.2) is 0 Å². The average Bonchev–Trinajstić information content (AvgIpc) is 3.32. The van der Waals surface area contributed by atoms with Crippen molar-refractivity contribution in [3.8, 4) is 0 Å². The Morgan fingerprint density at radius 1 is 1.07 bits per heavy atom. The Hall–Kier alpha value is -2.71. The van der Waals surface area contributed by atoms with Crippen LogP contribution in [0.25, 0.3) is 0 Å². The van der Waals surface area contributed by atoms with E-state index in [1.807, 2.05) is 24.5 Å². The molecule has 1 spiro atoms. The molecule has 0 bridgehead atoms. The van der Waals surface area contributed by atoms with E-state index in [-0.39, 0.29) is 17.9 Å². The zero-order valence-electron chi connectivity index (χ0n) is 16.2. The summed E-state index contributed by atoms with van der Waals surface area (Å²) in [7, 11) is 0. The smallest absolute Gasteiger partial charge is 0.250 e. The van der Waals surface area contributed by atoms with Crippen molar-refractivity contribution in [1.29, 1.82) is 0 Å². The van der Waals surface area contributed by atoms with E-state index in [0.717, 1.165) is 10.7 Å². The number of anilines is 2. The van der Waals surface area contributed by atoms with Gasteiger partial charge in [-0.1, -0.05) is 18.2 Å². The average molecular weight is 425 g/mol. The molecule has 3 aliphatic heterocycles. The van der Waals surface area contributed by atoms with E-state index < -0.39 is 29.1 Å². The summed E-state index contributed by atoms with van der Waals surface area (Å²) in [6.07, 6.45) is 2.63. The van der Waals surface area contributed by atoms with Crippen LogP contribution in [0.2, 0.25) is 0 Å². The Balaban J connectivity index is 1.64. The van der Waals surface area contributed by atoms with Gasteiger partial charge in [0.1, 0.15) is 11.4 Å². The van der Waals surface area contributed by atoms with Crippen LogP contribution in [0.1, 0.15) is 12.0 Å². The van der Waals surface area contributed by atoms with Gasteiger partial charge in [0.2, 0.25) is 17.7 Å². The standard InChI is InChI=1S/C22H20FN3O3S/c1-30-11-10-16-17-18(20(28)26(19(17)27)13-8-6-12(23)7-9-13)22(25-16)14-4-2-3-5-15(14)24-21(22)29/h2-9,16-18,25H,10-11H2,1H3,(H,24,29)/t16-,17-,18+,22-/m0/s1. The molecule has 3 amide bonds. The van der Waals surface area contributed by atoms with Gasteiger partial charge in [-0.25, -0.2) is 9.29 Å². The predicted molar refractivity (Wildman–Crippen MR) is 113 cm³/mol. The topological polar surface area (TPSA) is 78.5 Å². The SMILES string of the molecule is CSCC[C@@H]1N[C@]2(C(=O)Nc3ccccc32)[C@H]2C(=O)N(c3ccc(F)cc3)C(=O)[C@@H]12. The zero-order chi connectivity index (χ0) is 21.0. The molecule has 2 saturated heterocycles. The monoisotopic (exact) mass is 425 g/mol. The highest BCUT2D eigenvalue weighted by molar-refractivity contribution is 7.98. The molecule has 2 aromatic rings. The van der Waals surface area contributed by atoms with Gasteiger partial charge in [0.05, 0.1) is 17.5 Å². The Morgan fingerprint density at radius 2 is 1.80 bits per heavy atom. The molecule has 8 heteroatoms. The van der Waals surface area contributed by atoms with Crippen molar-refractivity contribution in [2.75, 3.05) is 22.2 Å². The van der Waals surface area contributed by atoms with Gasteiger partial charge < -0.3 is 5.32 Å². The first-order chi connectivity index (χ1) is 14.5. The van der Waals surface area contributed by atoms with Crippen molar-refractivity contribution in [3.63, 3.8) is 0 Å². The Kier molecular flexibility index (Phi) is 4.44. The molecule has 0 aliphatic carbocycles. The molecule has 2 fully saturated rings. The molecule has 6 nitrogen and oxygen atoms in total. The largest absolute Gasteiger partial charge is 0.324 e. The van der Waals surface area contributed by atoms with Crippen molar-refractivity contribution in [2.24, 2.45) is 11.8 Å². The van der Waals surface area contributed by atoms with Gasteiger partial charge >= 0.3 is 0 Å². The minimum atomic E-state index is -1.29. The van der Waals surface area contributed by atoms with E-state index in [0.29, 0.717) is 23.4 Å². The van der Waals surface area contributed by atoms with Gasteiger partial charge in [-0.2, -0.15) is 11.8 Å². The second-order valence-corrected chi connectivity index (χ2v) is 8.82. The summed E-state index contributed by atoms with van der Waals surface area (Å²) in [4.78, 5) is 41.4. The molecule has 154 valence electrons. The molecule has 30 heavy (non-hydrogen) atoms. The van der Waals surface area contributed by atoms with Gasteiger partial charge in [-0.3, -0.25) is 19.7 Å². The highest BCUT2D eigenvalue weighted by Gasteiger charge is 2.70. The quantitative estimate of drug-likeness (QED) is 0.736. The Morgan fingerprint density at radius 3 is 2.53 bits per heavy atom. The van der Waals surface area contributed by atoms with E-state index >= 15 is 0 Å². The van der Waals surface area contributed by atoms with Crippen LogP contribution in [-0.4, -0.2) is 35.8 Å². The third-order valence-corrected chi connectivity index (χ3v) is 6.98. The molecule has 4 atom stereocenters. The first-order valence-corrected chi connectivity index (χ1v) is 11.2. The van der Waals surface area contributed by atoms with Crippen molar-refractivity contribution >= 4 is 40.9 Å². The molecule has 3 aliphatic rings. The van der Waals surface area contributed by atoms with Crippen LogP contribution in [0.3, 0.4) is 0 Å². The number of imide groups is 1. The lowest BCUT2D eigenvalue weighted by atomic mass is 9.76. The minimum absolute atomic E-state index is 0.313. The third-order valence-electron chi connectivity index (χ3n) is 6.34. The highest BCUT2D eigenvalue weighted by Crippen LogP contribution is 2.53. The van der Waals surface area contributed by atoms with Crippen molar-refractivity contribution in [3.05, 3.63) is 59.9 Å². The Bertz CT molecular complexity index is 1060. The van der Waals surface area contributed by atoms with Gasteiger partial charge in [-0.05, 0) is 48.8 Å². The third kappa shape index (κ3) is 2.50. The summed E-state index contributed by atoms with van der Waals surface area (Å²) in [5.41, 5.74) is 0.385. The normalized spacial score (nSPS) is 29.5. The molecular weight excluding hydrogens is 405 g/mol. The number of carbonyl (C=O) groups excluding carboxylic acids is 3. The summed E-state index contributed by atoms with van der Waals surface area (Å²) in [6.45, 7) is 0. The maximum absolute atomic E-state index is 13.6. The number of nitrogens with zero attached hydrogens (tertiary/aromatic N) is 1. The van der Waals surface area contributed by atoms with Crippen LogP contribution < -0.4 is 15.5 Å². The Labute approximate surface area is 177 Å². The first-order valence-electron chi connectivity index (χ1n) is 9.80. The van der Waals surface area contributed by atoms with E-state index in [1.54, 1.807) is 17.8 Å². The van der Waals surface area contributed by atoms with Crippen molar-refractivity contribution in [1.82, 2.24) is 5.32 Å². The highest BCUT2D eigenvalue weighted by atomic mass is 32.2. The van der Waals surface area contributed by atoms with Crippen LogP contribution >= 0.6 is 11.8 Å². The fourth-order valence-electron chi connectivity index (χ4n) is 5.10. The molecular formula is C22H20FN3O3S. The minimum Gasteiger partial charge on any atom is -0.324 e.